The Hall–Kier alpha value is -0.810. The van der Waals surface area contributed by atoms with Gasteiger partial charge in [-0.05, 0) is 42.4 Å². The Labute approximate surface area is 142 Å². The first-order valence-corrected chi connectivity index (χ1v) is 7.93. The maximum atomic E-state index is 12.6. The molecule has 1 saturated heterocycles. The van der Waals surface area contributed by atoms with E-state index < -0.39 is 6.04 Å². The van der Waals surface area contributed by atoms with Gasteiger partial charge in [0.05, 0.1) is 6.04 Å². The van der Waals surface area contributed by atoms with E-state index in [1.165, 1.54) is 5.56 Å². The molecule has 1 aromatic carbocycles. The Balaban J connectivity index is 0.00000176. The number of nitrogens with zero attached hydrogens (tertiary/aromatic N) is 1. The van der Waals surface area contributed by atoms with Gasteiger partial charge in [0.15, 0.2) is 0 Å². The molecule has 0 spiro atoms. The zero-order valence-corrected chi connectivity index (χ0v) is 14.0. The minimum absolute atomic E-state index is 0. The minimum atomic E-state index is -0.408. The second-order valence-corrected chi connectivity index (χ2v) is 6.27. The molecule has 1 aromatic rings. The molecule has 2 aliphatic rings. The first-order valence-electron chi connectivity index (χ1n) is 7.55. The number of hydrogen-bond donors (Lipinski definition) is 1. The summed E-state index contributed by atoms with van der Waals surface area (Å²) in [5.74, 6) is 0.305. The summed E-state index contributed by atoms with van der Waals surface area (Å²) in [4.78, 5) is 14.5. The van der Waals surface area contributed by atoms with Gasteiger partial charge < -0.3 is 15.4 Å². The van der Waals surface area contributed by atoms with Crippen LogP contribution in [0.25, 0.3) is 0 Å². The highest BCUT2D eigenvalue weighted by Gasteiger charge is 2.31. The molecule has 22 heavy (non-hydrogen) atoms. The van der Waals surface area contributed by atoms with Crippen LogP contribution in [0.4, 0.5) is 0 Å². The highest BCUT2D eigenvalue weighted by molar-refractivity contribution is 6.31. The molecule has 3 rings (SSSR count). The molecule has 0 radical (unpaired) electrons. The van der Waals surface area contributed by atoms with Gasteiger partial charge >= 0.3 is 0 Å². The highest BCUT2D eigenvalue weighted by atomic mass is 35.5. The molecule has 1 atom stereocenters. The van der Waals surface area contributed by atoms with E-state index in [2.05, 4.69) is 0 Å². The second-order valence-electron chi connectivity index (χ2n) is 5.86. The lowest BCUT2D eigenvalue weighted by Gasteiger charge is -2.34. The zero-order valence-electron chi connectivity index (χ0n) is 12.5. The molecule has 1 fully saturated rings. The quantitative estimate of drug-likeness (QED) is 0.896. The van der Waals surface area contributed by atoms with Crippen LogP contribution in [-0.2, 0) is 22.5 Å². The van der Waals surface area contributed by atoms with Gasteiger partial charge in [0.1, 0.15) is 0 Å². The first-order chi connectivity index (χ1) is 10.2. The van der Waals surface area contributed by atoms with Crippen LogP contribution in [-0.4, -0.2) is 36.6 Å². The smallest absolute Gasteiger partial charge is 0.240 e. The average Bonchev–Trinajstić information content (AvgIpc) is 2.54. The molecule has 0 bridgehead atoms. The number of carbonyl (C=O) groups excluding carboxylic acids is 1. The molecule has 6 heteroatoms. The fourth-order valence-corrected chi connectivity index (χ4v) is 3.53. The van der Waals surface area contributed by atoms with Gasteiger partial charge in [0, 0.05) is 31.3 Å². The van der Waals surface area contributed by atoms with E-state index in [-0.39, 0.29) is 24.2 Å². The summed E-state index contributed by atoms with van der Waals surface area (Å²) in [6.45, 7) is 2.74. The Morgan fingerprint density at radius 1 is 1.36 bits per heavy atom. The van der Waals surface area contributed by atoms with Crippen molar-refractivity contribution in [1.29, 1.82) is 0 Å². The number of amides is 1. The van der Waals surface area contributed by atoms with Crippen molar-refractivity contribution in [3.8, 4) is 0 Å². The summed E-state index contributed by atoms with van der Waals surface area (Å²) >= 11 is 6.21. The Morgan fingerprint density at radius 3 is 2.82 bits per heavy atom. The monoisotopic (exact) mass is 344 g/mol. The van der Waals surface area contributed by atoms with Crippen molar-refractivity contribution in [3.05, 3.63) is 34.3 Å². The van der Waals surface area contributed by atoms with Crippen molar-refractivity contribution in [1.82, 2.24) is 4.90 Å². The van der Waals surface area contributed by atoms with E-state index in [0.717, 1.165) is 29.8 Å². The SMILES string of the molecule is Cl.NC(C(=O)N1CCc2c(Cl)cccc2C1)C1CCOCC1. The number of benzene rings is 1. The summed E-state index contributed by atoms with van der Waals surface area (Å²) in [7, 11) is 0. The molecule has 0 aliphatic carbocycles. The first kappa shape index (κ1) is 17.5. The third-order valence-corrected chi connectivity index (χ3v) is 4.93. The predicted octanol–water partition coefficient (Wildman–Crippen LogP) is 2.40. The van der Waals surface area contributed by atoms with Gasteiger partial charge in [-0.3, -0.25) is 4.79 Å². The molecule has 1 unspecified atom stereocenters. The molecular weight excluding hydrogens is 323 g/mol. The van der Waals surface area contributed by atoms with Crippen LogP contribution in [0, 0.1) is 5.92 Å². The number of halogens is 2. The number of carbonyl (C=O) groups is 1. The van der Waals surface area contributed by atoms with E-state index in [1.54, 1.807) is 0 Å². The topological polar surface area (TPSA) is 55.6 Å². The normalized spacial score (nSPS) is 20.0. The standard InChI is InChI=1S/C16H21ClN2O2.ClH/c17-14-3-1-2-12-10-19(7-4-13(12)14)16(20)15(18)11-5-8-21-9-6-11;/h1-3,11,15H,4-10,18H2;1H. The highest BCUT2D eigenvalue weighted by Crippen LogP contribution is 2.27. The van der Waals surface area contributed by atoms with Crippen molar-refractivity contribution < 1.29 is 9.53 Å². The molecule has 0 aromatic heterocycles. The van der Waals surface area contributed by atoms with Crippen LogP contribution < -0.4 is 5.73 Å². The maximum Gasteiger partial charge on any atom is 0.240 e. The van der Waals surface area contributed by atoms with Crippen LogP contribution in [0.1, 0.15) is 24.0 Å². The number of rotatable bonds is 2. The molecule has 2 aliphatic heterocycles. The van der Waals surface area contributed by atoms with E-state index in [9.17, 15) is 4.79 Å². The Morgan fingerprint density at radius 2 is 2.09 bits per heavy atom. The van der Waals surface area contributed by atoms with Gasteiger partial charge in [0.25, 0.3) is 0 Å². The van der Waals surface area contributed by atoms with Crippen LogP contribution >= 0.6 is 24.0 Å². The predicted molar refractivity (Wildman–Crippen MR) is 89.3 cm³/mol. The lowest BCUT2D eigenvalue weighted by atomic mass is 9.90. The van der Waals surface area contributed by atoms with Gasteiger partial charge in [-0.2, -0.15) is 0 Å². The van der Waals surface area contributed by atoms with Crippen molar-refractivity contribution >= 4 is 29.9 Å². The molecule has 4 nitrogen and oxygen atoms in total. The molecule has 2 N–H and O–H groups in total. The Bertz CT molecular complexity index is 533. The summed E-state index contributed by atoms with van der Waals surface area (Å²) in [5, 5.41) is 0.799. The number of fused-ring (bicyclic) bond motifs is 1. The van der Waals surface area contributed by atoms with Crippen molar-refractivity contribution in [3.63, 3.8) is 0 Å². The lowest BCUT2D eigenvalue weighted by molar-refractivity contribution is -0.135. The lowest BCUT2D eigenvalue weighted by Crippen LogP contribution is -2.50. The van der Waals surface area contributed by atoms with Crippen LogP contribution in [0.2, 0.25) is 5.02 Å². The van der Waals surface area contributed by atoms with E-state index in [1.807, 2.05) is 23.1 Å². The van der Waals surface area contributed by atoms with Crippen LogP contribution in [0.5, 0.6) is 0 Å². The van der Waals surface area contributed by atoms with Crippen LogP contribution in [0.3, 0.4) is 0 Å². The van der Waals surface area contributed by atoms with Gasteiger partial charge in [0.2, 0.25) is 5.91 Å². The van der Waals surface area contributed by atoms with Crippen LogP contribution in [0.15, 0.2) is 18.2 Å². The zero-order chi connectivity index (χ0) is 14.8. The largest absolute Gasteiger partial charge is 0.381 e. The summed E-state index contributed by atoms with van der Waals surface area (Å²) in [6, 6.07) is 5.48. The van der Waals surface area contributed by atoms with Gasteiger partial charge in [-0.25, -0.2) is 0 Å². The summed E-state index contributed by atoms with van der Waals surface area (Å²) in [6.07, 6.45) is 2.56. The van der Waals surface area contributed by atoms with Gasteiger partial charge in [-0.15, -0.1) is 12.4 Å². The third kappa shape index (κ3) is 3.57. The minimum Gasteiger partial charge on any atom is -0.381 e. The summed E-state index contributed by atoms with van der Waals surface area (Å²) in [5.41, 5.74) is 8.51. The molecule has 122 valence electrons. The number of ether oxygens (including phenoxy) is 1. The Kier molecular flexibility index (Phi) is 6.09. The fraction of sp³-hybridized carbons (Fsp3) is 0.562. The van der Waals surface area contributed by atoms with E-state index >= 15 is 0 Å². The number of nitrogens with two attached hydrogens (primary N) is 1. The molecule has 0 saturated carbocycles. The van der Waals surface area contributed by atoms with Crippen molar-refractivity contribution in [2.45, 2.75) is 31.8 Å². The fourth-order valence-electron chi connectivity index (χ4n) is 3.24. The third-order valence-electron chi connectivity index (χ3n) is 4.58. The molecule has 2 heterocycles. The van der Waals surface area contributed by atoms with Crippen molar-refractivity contribution in [2.75, 3.05) is 19.8 Å². The van der Waals surface area contributed by atoms with E-state index in [4.69, 9.17) is 22.1 Å². The molecule has 1 amide bonds. The average molecular weight is 345 g/mol. The molecular formula is C16H22Cl2N2O2. The second kappa shape index (κ2) is 7.64. The van der Waals surface area contributed by atoms with E-state index in [0.29, 0.717) is 26.3 Å². The van der Waals surface area contributed by atoms with Gasteiger partial charge in [-0.1, -0.05) is 23.7 Å². The number of hydrogen-bond acceptors (Lipinski definition) is 3. The maximum absolute atomic E-state index is 12.6. The van der Waals surface area contributed by atoms with Crippen molar-refractivity contribution in [2.24, 2.45) is 11.7 Å². The summed E-state index contributed by atoms with van der Waals surface area (Å²) < 4.78 is 5.34.